The summed E-state index contributed by atoms with van der Waals surface area (Å²) in [6.07, 6.45) is 5.86. The van der Waals surface area contributed by atoms with Gasteiger partial charge in [0.15, 0.2) is 6.10 Å². The number of amides is 1. The number of hydrogen-bond donors (Lipinski definition) is 0. The van der Waals surface area contributed by atoms with E-state index in [1.807, 2.05) is 0 Å². The van der Waals surface area contributed by atoms with Gasteiger partial charge in [-0.2, -0.15) is 13.2 Å². The number of terminal acetylenes is 1. The van der Waals surface area contributed by atoms with Crippen molar-refractivity contribution in [3.05, 3.63) is 24.0 Å². The van der Waals surface area contributed by atoms with Crippen LogP contribution in [0.3, 0.4) is 0 Å². The first-order valence-electron chi connectivity index (χ1n) is 10.5. The van der Waals surface area contributed by atoms with Gasteiger partial charge in [-0.1, -0.05) is 5.92 Å². The highest BCUT2D eigenvalue weighted by molar-refractivity contribution is 5.68. The molecule has 1 unspecified atom stereocenters. The highest BCUT2D eigenvalue weighted by atomic mass is 19.4. The van der Waals surface area contributed by atoms with Crippen LogP contribution in [0.1, 0.15) is 51.0 Å². The molecule has 3 rings (SSSR count). The molecule has 1 aliphatic carbocycles. The van der Waals surface area contributed by atoms with Crippen molar-refractivity contribution in [2.75, 3.05) is 13.1 Å². The highest BCUT2D eigenvalue weighted by Gasteiger charge is 2.40. The van der Waals surface area contributed by atoms with Crippen LogP contribution >= 0.6 is 0 Å². The normalized spacial score (nSPS) is 23.6. The van der Waals surface area contributed by atoms with Crippen molar-refractivity contribution in [2.45, 2.75) is 76.0 Å². The minimum Gasteiger partial charge on any atom is -0.489 e. The number of rotatable bonds is 5. The van der Waals surface area contributed by atoms with Gasteiger partial charge in [-0.3, -0.25) is 4.98 Å². The molecule has 1 aromatic heterocycles. The fraction of sp³-hybridized carbons (Fsp3) is 0.636. The van der Waals surface area contributed by atoms with E-state index in [0.29, 0.717) is 37.2 Å². The zero-order valence-electron chi connectivity index (χ0n) is 17.4. The fourth-order valence-corrected chi connectivity index (χ4v) is 3.80. The third-order valence-electron chi connectivity index (χ3n) is 5.68. The Balaban J connectivity index is 1.37. The lowest BCUT2D eigenvalue weighted by Gasteiger charge is -2.36. The largest absolute Gasteiger partial charge is 0.489 e. The molecule has 0 aromatic carbocycles. The summed E-state index contributed by atoms with van der Waals surface area (Å²) in [5.74, 6) is 3.24. The summed E-state index contributed by atoms with van der Waals surface area (Å²) in [7, 11) is 0. The van der Waals surface area contributed by atoms with Crippen LogP contribution in [-0.2, 0) is 9.47 Å². The van der Waals surface area contributed by atoms with Gasteiger partial charge in [0.05, 0.1) is 23.9 Å². The lowest BCUT2D eigenvalue weighted by Crippen LogP contribution is -2.44. The van der Waals surface area contributed by atoms with E-state index in [1.54, 1.807) is 18.5 Å². The first-order valence-corrected chi connectivity index (χ1v) is 10.5. The summed E-state index contributed by atoms with van der Waals surface area (Å²) in [6.45, 7) is 1.47. The van der Waals surface area contributed by atoms with Gasteiger partial charge in [0.25, 0.3) is 0 Å². The minimum atomic E-state index is -4.56. The molecule has 9 heteroatoms. The molecule has 0 spiro atoms. The number of nitrogens with zero attached hydrogens (tertiary/aromatic N) is 2. The first-order chi connectivity index (χ1) is 14.8. The molecule has 1 amide bonds. The number of aromatic nitrogens is 1. The van der Waals surface area contributed by atoms with Crippen molar-refractivity contribution in [2.24, 2.45) is 0 Å². The van der Waals surface area contributed by atoms with E-state index in [2.05, 4.69) is 15.6 Å². The fourth-order valence-electron chi connectivity index (χ4n) is 3.80. The average Bonchev–Trinajstić information content (AvgIpc) is 2.75. The Labute approximate surface area is 180 Å². The average molecular weight is 440 g/mol. The smallest absolute Gasteiger partial charge is 0.425 e. The second kappa shape index (κ2) is 10.2. The lowest BCUT2D eigenvalue weighted by atomic mass is 9.94. The van der Waals surface area contributed by atoms with E-state index in [-0.39, 0.29) is 18.3 Å². The van der Waals surface area contributed by atoms with E-state index < -0.39 is 18.4 Å². The third-order valence-corrected chi connectivity index (χ3v) is 5.68. The summed E-state index contributed by atoms with van der Waals surface area (Å²) in [5, 5.41) is 0. The molecule has 1 aliphatic heterocycles. The number of ether oxygens (including phenoxy) is 3. The number of piperidine rings is 1. The van der Waals surface area contributed by atoms with Crippen LogP contribution in [0.2, 0.25) is 0 Å². The third kappa shape index (κ3) is 6.50. The van der Waals surface area contributed by atoms with E-state index >= 15 is 0 Å². The predicted molar refractivity (Wildman–Crippen MR) is 107 cm³/mol. The molecule has 1 saturated carbocycles. The van der Waals surface area contributed by atoms with E-state index in [0.717, 1.165) is 32.6 Å². The van der Waals surface area contributed by atoms with Crippen molar-refractivity contribution >= 4 is 6.09 Å². The van der Waals surface area contributed by atoms with Crippen molar-refractivity contribution < 1.29 is 32.2 Å². The second-order valence-corrected chi connectivity index (χ2v) is 7.92. The van der Waals surface area contributed by atoms with Gasteiger partial charge in [-0.25, -0.2) is 4.79 Å². The molecule has 2 aliphatic rings. The van der Waals surface area contributed by atoms with Gasteiger partial charge in [-0.05, 0) is 51.5 Å². The van der Waals surface area contributed by atoms with Crippen LogP contribution < -0.4 is 4.74 Å². The number of alkyl halides is 3. The highest BCUT2D eigenvalue weighted by Crippen LogP contribution is 2.29. The number of carbonyl (C=O) groups excluding carboxylic acids is 1. The number of hydrogen-bond acceptors (Lipinski definition) is 5. The standard InChI is InChI=1S/C22H27F3N2O4/c1-3-16-14-26-11-8-20(16)31-18-6-4-17(5-7-18)30-19-9-12-27(13-10-19)21(28)29-15(2)22(23,24)25/h1,8,11,14-15,17-19H,4-7,9-10,12-13H2,2H3/t15?,17-,18-. The number of pyridine rings is 1. The van der Waals surface area contributed by atoms with Crippen molar-refractivity contribution in [1.29, 1.82) is 0 Å². The summed E-state index contributed by atoms with van der Waals surface area (Å²) < 4.78 is 54.4. The Morgan fingerprint density at radius 1 is 1.16 bits per heavy atom. The molecule has 1 aromatic rings. The van der Waals surface area contributed by atoms with Gasteiger partial charge in [0.2, 0.25) is 0 Å². The second-order valence-electron chi connectivity index (χ2n) is 7.92. The molecule has 2 heterocycles. The van der Waals surface area contributed by atoms with Crippen LogP contribution in [0.5, 0.6) is 5.75 Å². The molecule has 31 heavy (non-hydrogen) atoms. The Bertz CT molecular complexity index is 780. The van der Waals surface area contributed by atoms with E-state index in [1.165, 1.54) is 4.90 Å². The van der Waals surface area contributed by atoms with Crippen molar-refractivity contribution in [1.82, 2.24) is 9.88 Å². The quantitative estimate of drug-likeness (QED) is 0.639. The Hall–Kier alpha value is -2.47. The molecule has 170 valence electrons. The number of likely N-dealkylation sites (tertiary alicyclic amines) is 1. The molecular formula is C22H27F3N2O4. The summed E-state index contributed by atoms with van der Waals surface area (Å²) in [4.78, 5) is 17.2. The van der Waals surface area contributed by atoms with Gasteiger partial charge in [0, 0.05) is 25.5 Å². The van der Waals surface area contributed by atoms with Crippen molar-refractivity contribution in [3.8, 4) is 18.1 Å². The summed E-state index contributed by atoms with van der Waals surface area (Å²) in [5.41, 5.74) is 0.635. The number of carbonyl (C=O) groups is 1. The predicted octanol–water partition coefficient (Wildman–Crippen LogP) is 4.32. The molecule has 1 saturated heterocycles. The maximum absolute atomic E-state index is 12.6. The van der Waals surface area contributed by atoms with Crippen LogP contribution in [0.4, 0.5) is 18.0 Å². The molecule has 0 bridgehead atoms. The van der Waals surface area contributed by atoms with Gasteiger partial charge < -0.3 is 19.1 Å². The van der Waals surface area contributed by atoms with Crippen molar-refractivity contribution in [3.63, 3.8) is 0 Å². The Kier molecular flexibility index (Phi) is 7.65. The molecule has 6 nitrogen and oxygen atoms in total. The summed E-state index contributed by atoms with van der Waals surface area (Å²) >= 11 is 0. The summed E-state index contributed by atoms with van der Waals surface area (Å²) in [6, 6.07) is 1.77. The first kappa shape index (κ1) is 23.2. The number of halogens is 3. The molecule has 0 N–H and O–H groups in total. The Morgan fingerprint density at radius 2 is 1.77 bits per heavy atom. The van der Waals surface area contributed by atoms with Gasteiger partial charge >= 0.3 is 12.3 Å². The van der Waals surface area contributed by atoms with E-state index in [4.69, 9.17) is 15.9 Å². The lowest BCUT2D eigenvalue weighted by molar-refractivity contribution is -0.200. The zero-order valence-corrected chi connectivity index (χ0v) is 17.4. The maximum Gasteiger partial charge on any atom is 0.425 e. The van der Waals surface area contributed by atoms with Crippen LogP contribution in [0.15, 0.2) is 18.5 Å². The van der Waals surface area contributed by atoms with Crippen LogP contribution in [0, 0.1) is 12.3 Å². The maximum atomic E-state index is 12.6. The SMILES string of the molecule is C#Cc1cnccc1O[C@H]1CC[C@H](OC2CCN(C(=O)OC(C)C(F)(F)F)CC2)CC1. The van der Waals surface area contributed by atoms with Gasteiger partial charge in [-0.15, -0.1) is 6.42 Å². The molecule has 2 fully saturated rings. The molecule has 1 atom stereocenters. The topological polar surface area (TPSA) is 60.9 Å². The van der Waals surface area contributed by atoms with Crippen LogP contribution in [0.25, 0.3) is 0 Å². The minimum absolute atomic E-state index is 0.0141. The molecular weight excluding hydrogens is 413 g/mol. The van der Waals surface area contributed by atoms with Crippen LogP contribution in [-0.4, -0.2) is 59.7 Å². The monoisotopic (exact) mass is 440 g/mol. The Morgan fingerprint density at radius 3 is 2.39 bits per heavy atom. The molecule has 0 radical (unpaired) electrons. The zero-order chi connectivity index (χ0) is 22.4. The van der Waals surface area contributed by atoms with Gasteiger partial charge in [0.1, 0.15) is 5.75 Å². The van der Waals surface area contributed by atoms with E-state index in [9.17, 15) is 18.0 Å².